The van der Waals surface area contributed by atoms with Crippen molar-refractivity contribution in [1.29, 1.82) is 0 Å². The van der Waals surface area contributed by atoms with Gasteiger partial charge in [0, 0.05) is 10.2 Å². The number of hydrogen-bond donors (Lipinski definition) is 1. The van der Waals surface area contributed by atoms with E-state index in [1.807, 2.05) is 12.1 Å². The predicted molar refractivity (Wildman–Crippen MR) is 77.4 cm³/mol. The van der Waals surface area contributed by atoms with E-state index in [1.54, 1.807) is 29.6 Å². The van der Waals surface area contributed by atoms with E-state index in [1.165, 1.54) is 11.3 Å². The van der Waals surface area contributed by atoms with Crippen LogP contribution in [0.2, 0.25) is 0 Å². The summed E-state index contributed by atoms with van der Waals surface area (Å²) in [6.07, 6.45) is 0. The van der Waals surface area contributed by atoms with E-state index in [9.17, 15) is 9.59 Å². The number of hydrogen-bond acceptors (Lipinski definition) is 4. The zero-order valence-electron chi connectivity index (χ0n) is 9.76. The molecule has 0 atom stereocenters. The first kappa shape index (κ1) is 13.8. The molecule has 0 unspecified atom stereocenters. The van der Waals surface area contributed by atoms with Gasteiger partial charge in [0.05, 0.1) is 0 Å². The second-order valence-electron chi connectivity index (χ2n) is 3.61. The summed E-state index contributed by atoms with van der Waals surface area (Å²) in [5, 5.41) is 4.41. The van der Waals surface area contributed by atoms with Crippen molar-refractivity contribution in [3.8, 4) is 0 Å². The molecular weight excluding hydrogens is 330 g/mol. The summed E-state index contributed by atoms with van der Waals surface area (Å²) in [4.78, 5) is 23.6. The highest BCUT2D eigenvalue weighted by Gasteiger charge is 2.10. The van der Waals surface area contributed by atoms with Gasteiger partial charge < -0.3 is 10.1 Å². The summed E-state index contributed by atoms with van der Waals surface area (Å²) in [5.41, 5.74) is 0.653. The monoisotopic (exact) mass is 339 g/mol. The highest BCUT2D eigenvalue weighted by molar-refractivity contribution is 9.10. The van der Waals surface area contributed by atoms with Gasteiger partial charge in [0.15, 0.2) is 6.61 Å². The molecule has 0 aliphatic rings. The first-order valence-corrected chi connectivity index (χ1v) is 7.08. The maximum absolute atomic E-state index is 11.6. The summed E-state index contributed by atoms with van der Waals surface area (Å²) in [5.74, 6) is -0.854. The largest absolute Gasteiger partial charge is 0.451 e. The lowest BCUT2D eigenvalue weighted by molar-refractivity contribution is -0.119. The van der Waals surface area contributed by atoms with Crippen LogP contribution >= 0.6 is 27.3 Å². The zero-order valence-corrected chi connectivity index (χ0v) is 12.2. The van der Waals surface area contributed by atoms with Gasteiger partial charge >= 0.3 is 5.97 Å². The van der Waals surface area contributed by atoms with Gasteiger partial charge in [-0.05, 0) is 35.7 Å². The summed E-state index contributed by atoms with van der Waals surface area (Å²) >= 11 is 4.58. The van der Waals surface area contributed by atoms with Crippen LogP contribution in [0.3, 0.4) is 0 Å². The molecule has 1 aromatic carbocycles. The Balaban J connectivity index is 1.82. The molecule has 0 bridgehead atoms. The Morgan fingerprint density at radius 1 is 1.21 bits per heavy atom. The second kappa shape index (κ2) is 6.49. The van der Waals surface area contributed by atoms with E-state index in [4.69, 9.17) is 4.74 Å². The number of anilines is 1. The fourth-order valence-corrected chi connectivity index (χ4v) is 2.21. The lowest BCUT2D eigenvalue weighted by Crippen LogP contribution is -2.20. The standard InChI is InChI=1S/C13H10BrNO3S/c14-9-3-5-10(6-4-9)15-12(16)8-18-13(17)11-2-1-7-19-11/h1-7H,8H2,(H,15,16). The topological polar surface area (TPSA) is 55.4 Å². The van der Waals surface area contributed by atoms with Crippen LogP contribution < -0.4 is 5.32 Å². The first-order chi connectivity index (χ1) is 9.15. The van der Waals surface area contributed by atoms with Crippen molar-refractivity contribution in [3.63, 3.8) is 0 Å². The van der Waals surface area contributed by atoms with Gasteiger partial charge in [-0.2, -0.15) is 0 Å². The van der Waals surface area contributed by atoms with Gasteiger partial charge in [0.1, 0.15) is 4.88 Å². The van der Waals surface area contributed by atoms with Crippen LogP contribution in [0.25, 0.3) is 0 Å². The summed E-state index contributed by atoms with van der Waals surface area (Å²) < 4.78 is 5.82. The Hall–Kier alpha value is -1.66. The van der Waals surface area contributed by atoms with Crippen LogP contribution in [0.1, 0.15) is 9.67 Å². The van der Waals surface area contributed by atoms with Gasteiger partial charge in [0.2, 0.25) is 0 Å². The lowest BCUT2D eigenvalue weighted by Gasteiger charge is -2.05. The summed E-state index contributed by atoms with van der Waals surface area (Å²) in [7, 11) is 0. The van der Waals surface area contributed by atoms with Gasteiger partial charge in [0.25, 0.3) is 5.91 Å². The molecule has 0 radical (unpaired) electrons. The van der Waals surface area contributed by atoms with Gasteiger partial charge in [-0.25, -0.2) is 4.79 Å². The molecule has 0 saturated carbocycles. The van der Waals surface area contributed by atoms with Crippen LogP contribution in [0, 0.1) is 0 Å². The Bertz CT molecular complexity index is 566. The molecule has 0 aliphatic carbocycles. The summed E-state index contributed by atoms with van der Waals surface area (Å²) in [6.45, 7) is -0.299. The number of carbonyl (C=O) groups excluding carboxylic acids is 2. The maximum atomic E-state index is 11.6. The molecule has 0 fully saturated rings. The van der Waals surface area contributed by atoms with Crippen molar-refractivity contribution in [2.45, 2.75) is 0 Å². The molecular formula is C13H10BrNO3S. The summed E-state index contributed by atoms with van der Waals surface area (Å²) in [6, 6.07) is 10.5. The molecule has 1 aromatic heterocycles. The first-order valence-electron chi connectivity index (χ1n) is 5.41. The number of nitrogens with one attached hydrogen (secondary N) is 1. The smallest absolute Gasteiger partial charge is 0.348 e. The number of benzene rings is 1. The Morgan fingerprint density at radius 2 is 1.95 bits per heavy atom. The molecule has 0 saturated heterocycles. The van der Waals surface area contributed by atoms with E-state index >= 15 is 0 Å². The third kappa shape index (κ3) is 4.18. The van der Waals surface area contributed by atoms with Crippen LogP contribution in [-0.2, 0) is 9.53 Å². The number of esters is 1. The minimum atomic E-state index is -0.485. The third-order valence-corrected chi connectivity index (χ3v) is 3.56. The Labute approximate surface area is 122 Å². The van der Waals surface area contributed by atoms with Crippen molar-refractivity contribution in [3.05, 3.63) is 51.1 Å². The number of rotatable bonds is 4. The molecule has 0 aliphatic heterocycles. The zero-order chi connectivity index (χ0) is 13.7. The molecule has 1 heterocycles. The Kier molecular flexibility index (Phi) is 4.70. The molecule has 0 spiro atoms. The van der Waals surface area contributed by atoms with Crippen molar-refractivity contribution in [2.75, 3.05) is 11.9 Å². The molecule has 6 heteroatoms. The van der Waals surface area contributed by atoms with E-state index in [-0.39, 0.29) is 12.5 Å². The number of halogens is 1. The molecule has 98 valence electrons. The van der Waals surface area contributed by atoms with Gasteiger partial charge in [-0.15, -0.1) is 11.3 Å². The average molecular weight is 340 g/mol. The molecule has 2 aromatic rings. The van der Waals surface area contributed by atoms with Crippen LogP contribution in [0.5, 0.6) is 0 Å². The number of carbonyl (C=O) groups is 2. The quantitative estimate of drug-likeness (QED) is 0.869. The fraction of sp³-hybridized carbons (Fsp3) is 0.0769. The van der Waals surface area contributed by atoms with Crippen molar-refractivity contribution < 1.29 is 14.3 Å². The van der Waals surface area contributed by atoms with Gasteiger partial charge in [-0.3, -0.25) is 4.79 Å². The molecule has 1 amide bonds. The minimum Gasteiger partial charge on any atom is -0.451 e. The molecule has 4 nitrogen and oxygen atoms in total. The fourth-order valence-electron chi connectivity index (χ4n) is 1.33. The van der Waals surface area contributed by atoms with Crippen molar-refractivity contribution in [1.82, 2.24) is 0 Å². The predicted octanol–water partition coefficient (Wildman–Crippen LogP) is 3.31. The minimum absolute atomic E-state index is 0.299. The molecule has 1 N–H and O–H groups in total. The number of ether oxygens (including phenoxy) is 1. The average Bonchev–Trinajstić information content (AvgIpc) is 2.93. The number of thiophene rings is 1. The SMILES string of the molecule is O=C(COC(=O)c1cccs1)Nc1ccc(Br)cc1. The maximum Gasteiger partial charge on any atom is 0.348 e. The highest BCUT2D eigenvalue weighted by atomic mass is 79.9. The van der Waals surface area contributed by atoms with E-state index in [0.29, 0.717) is 10.6 Å². The van der Waals surface area contributed by atoms with E-state index < -0.39 is 5.97 Å². The molecule has 2 rings (SSSR count). The third-order valence-electron chi connectivity index (χ3n) is 2.18. The van der Waals surface area contributed by atoms with Gasteiger partial charge in [-0.1, -0.05) is 22.0 Å². The normalized spacial score (nSPS) is 9.95. The van der Waals surface area contributed by atoms with Crippen molar-refractivity contribution >= 4 is 44.8 Å². The lowest BCUT2D eigenvalue weighted by atomic mass is 10.3. The van der Waals surface area contributed by atoms with E-state index in [2.05, 4.69) is 21.2 Å². The van der Waals surface area contributed by atoms with Crippen molar-refractivity contribution in [2.24, 2.45) is 0 Å². The van der Waals surface area contributed by atoms with Crippen LogP contribution in [0.4, 0.5) is 5.69 Å². The molecule has 19 heavy (non-hydrogen) atoms. The van der Waals surface area contributed by atoms with Crippen LogP contribution in [0.15, 0.2) is 46.3 Å². The number of amides is 1. The highest BCUT2D eigenvalue weighted by Crippen LogP contribution is 2.14. The Morgan fingerprint density at radius 3 is 2.58 bits per heavy atom. The second-order valence-corrected chi connectivity index (χ2v) is 5.47. The van der Waals surface area contributed by atoms with Crippen LogP contribution in [-0.4, -0.2) is 18.5 Å². The van der Waals surface area contributed by atoms with E-state index in [0.717, 1.165) is 4.47 Å².